The molecule has 1 N–H and O–H groups in total. The summed E-state index contributed by atoms with van der Waals surface area (Å²) in [5.41, 5.74) is 1.48. The van der Waals surface area contributed by atoms with Gasteiger partial charge in [-0.25, -0.2) is 4.79 Å². The topological polar surface area (TPSA) is 63.6 Å². The van der Waals surface area contributed by atoms with Crippen LogP contribution in [0.1, 0.15) is 46.5 Å². The van der Waals surface area contributed by atoms with Crippen molar-refractivity contribution in [3.8, 4) is 0 Å². The third-order valence-electron chi connectivity index (χ3n) is 2.10. The van der Waals surface area contributed by atoms with E-state index in [0.29, 0.717) is 5.57 Å². The Morgan fingerprint density at radius 2 is 1.73 bits per heavy atom. The Morgan fingerprint density at radius 1 is 1.27 bits per heavy atom. The molecule has 1 unspecified atom stereocenters. The van der Waals surface area contributed by atoms with Crippen LogP contribution in [0.4, 0.5) is 0 Å². The molecule has 0 amide bonds. The fraction of sp³-hybridized carbons (Fsp3) is 0.700. The van der Waals surface area contributed by atoms with E-state index < -0.39 is 14.2 Å². The Bertz CT molecular complexity index is 263. The molecule has 1 atom stereocenters. The minimum Gasteiger partial charge on any atom is -0.241 e. The van der Waals surface area contributed by atoms with Gasteiger partial charge in [-0.3, -0.25) is 0 Å². The predicted molar refractivity (Wildman–Crippen MR) is 58.4 cm³/mol. The van der Waals surface area contributed by atoms with Crippen molar-refractivity contribution in [3.05, 3.63) is 11.1 Å². The summed E-state index contributed by atoms with van der Waals surface area (Å²) in [7, 11) is -2.85. The van der Waals surface area contributed by atoms with Crippen molar-refractivity contribution < 1.29 is 18.8 Å². The molecule has 0 heterocycles. The summed E-state index contributed by atoms with van der Waals surface area (Å²) < 4.78 is 14.6. The number of rotatable bonds is 6. The van der Waals surface area contributed by atoms with Crippen LogP contribution < -0.4 is 0 Å². The van der Waals surface area contributed by atoms with Gasteiger partial charge in [-0.2, -0.15) is 4.52 Å². The van der Waals surface area contributed by atoms with Crippen LogP contribution >= 0.6 is 8.25 Å². The molecule has 0 spiro atoms. The van der Waals surface area contributed by atoms with Gasteiger partial charge in [0.25, 0.3) is 0 Å². The van der Waals surface area contributed by atoms with Crippen molar-refractivity contribution in [1.82, 2.24) is 0 Å². The number of carbonyl (C=O) groups excluding carboxylic acids is 1. The second-order valence-electron chi connectivity index (χ2n) is 3.35. The van der Waals surface area contributed by atoms with Crippen LogP contribution in [0.15, 0.2) is 11.1 Å². The lowest BCUT2D eigenvalue weighted by atomic mass is 10.0. The predicted octanol–water partition coefficient (Wildman–Crippen LogP) is 3.10. The Balaban J connectivity index is 4.66. The molecule has 0 fully saturated rings. The van der Waals surface area contributed by atoms with E-state index in [1.165, 1.54) is 0 Å². The molecule has 86 valence electrons. The first-order valence-electron chi connectivity index (χ1n) is 5.09. The standard InChI is InChI=1S/C10H17O4P/c1-4-6-9(7-5-2)8(3)10(11)14-15(12)13/h4-7H2,1-3H3/p+1. The zero-order valence-electron chi connectivity index (χ0n) is 9.45. The van der Waals surface area contributed by atoms with Crippen molar-refractivity contribution in [1.29, 1.82) is 0 Å². The third-order valence-corrected chi connectivity index (χ3v) is 2.42. The minimum absolute atomic E-state index is 0.469. The molecule has 0 saturated carbocycles. The Labute approximate surface area is 91.3 Å². The summed E-state index contributed by atoms with van der Waals surface area (Å²) in [5.74, 6) is -0.685. The maximum atomic E-state index is 11.3. The Kier molecular flexibility index (Phi) is 7.18. The smallest absolute Gasteiger partial charge is 0.241 e. The molecule has 0 aliphatic carbocycles. The van der Waals surface area contributed by atoms with Gasteiger partial charge in [0.2, 0.25) is 0 Å². The van der Waals surface area contributed by atoms with E-state index in [1.807, 2.05) is 13.8 Å². The van der Waals surface area contributed by atoms with Gasteiger partial charge in [-0.15, -0.1) is 4.89 Å². The van der Waals surface area contributed by atoms with Gasteiger partial charge in [0.15, 0.2) is 0 Å². The largest absolute Gasteiger partial charge is 0.750 e. The van der Waals surface area contributed by atoms with E-state index in [1.54, 1.807) is 6.92 Å². The van der Waals surface area contributed by atoms with Crippen molar-refractivity contribution in [2.45, 2.75) is 46.5 Å². The van der Waals surface area contributed by atoms with Crippen molar-refractivity contribution in [3.63, 3.8) is 0 Å². The summed E-state index contributed by atoms with van der Waals surface area (Å²) in [4.78, 5) is 19.8. The highest BCUT2D eigenvalue weighted by atomic mass is 31.1. The van der Waals surface area contributed by atoms with Crippen LogP contribution in [0.2, 0.25) is 0 Å². The second kappa shape index (κ2) is 7.55. The molecule has 5 heteroatoms. The molecular weight excluding hydrogens is 215 g/mol. The minimum atomic E-state index is -2.85. The van der Waals surface area contributed by atoms with Gasteiger partial charge in [0.1, 0.15) is 0 Å². The molecule has 0 saturated heterocycles. The van der Waals surface area contributed by atoms with E-state index in [2.05, 4.69) is 4.52 Å². The van der Waals surface area contributed by atoms with Gasteiger partial charge in [-0.05, 0) is 19.8 Å². The molecule has 0 aromatic carbocycles. The van der Waals surface area contributed by atoms with Gasteiger partial charge in [0.05, 0.1) is 0 Å². The average molecular weight is 233 g/mol. The summed E-state index contributed by atoms with van der Waals surface area (Å²) in [6.45, 7) is 5.70. The molecule has 15 heavy (non-hydrogen) atoms. The maximum Gasteiger partial charge on any atom is 0.750 e. The highest BCUT2D eigenvalue weighted by Crippen LogP contribution is 2.22. The highest BCUT2D eigenvalue weighted by molar-refractivity contribution is 7.32. The second-order valence-corrected chi connectivity index (χ2v) is 4.00. The van der Waals surface area contributed by atoms with Gasteiger partial charge in [-0.1, -0.05) is 32.3 Å². The lowest BCUT2D eigenvalue weighted by Gasteiger charge is -2.06. The lowest BCUT2D eigenvalue weighted by molar-refractivity contribution is -0.130. The highest BCUT2D eigenvalue weighted by Gasteiger charge is 2.23. The van der Waals surface area contributed by atoms with E-state index in [0.717, 1.165) is 31.3 Å². The van der Waals surface area contributed by atoms with E-state index in [-0.39, 0.29) is 0 Å². The van der Waals surface area contributed by atoms with Crippen LogP contribution in [0.3, 0.4) is 0 Å². The molecule has 0 aromatic rings. The molecule has 0 bridgehead atoms. The molecular formula is C10H18O4P+. The van der Waals surface area contributed by atoms with Crippen LogP contribution in [0.5, 0.6) is 0 Å². The van der Waals surface area contributed by atoms with Crippen LogP contribution in [-0.2, 0) is 13.9 Å². The third kappa shape index (κ3) is 5.65. The lowest BCUT2D eigenvalue weighted by Crippen LogP contribution is -2.04. The Hall–Kier alpha value is -0.730. The van der Waals surface area contributed by atoms with Gasteiger partial charge in [0, 0.05) is 10.1 Å². The summed E-state index contributed by atoms with van der Waals surface area (Å²) in [6.07, 6.45) is 3.56. The van der Waals surface area contributed by atoms with E-state index >= 15 is 0 Å². The summed E-state index contributed by atoms with van der Waals surface area (Å²) in [6, 6.07) is 0. The number of carbonyl (C=O) groups is 1. The summed E-state index contributed by atoms with van der Waals surface area (Å²) >= 11 is 0. The first kappa shape index (κ1) is 14.3. The van der Waals surface area contributed by atoms with E-state index in [9.17, 15) is 9.36 Å². The normalized spacial score (nSPS) is 10.8. The fourth-order valence-electron chi connectivity index (χ4n) is 1.39. The Morgan fingerprint density at radius 3 is 2.07 bits per heavy atom. The molecule has 4 nitrogen and oxygen atoms in total. The van der Waals surface area contributed by atoms with Crippen molar-refractivity contribution in [2.24, 2.45) is 0 Å². The monoisotopic (exact) mass is 233 g/mol. The quantitative estimate of drug-likeness (QED) is 0.565. The molecule has 0 aromatic heterocycles. The van der Waals surface area contributed by atoms with Crippen molar-refractivity contribution in [2.75, 3.05) is 0 Å². The van der Waals surface area contributed by atoms with Crippen LogP contribution in [0, 0.1) is 0 Å². The zero-order chi connectivity index (χ0) is 11.8. The van der Waals surface area contributed by atoms with Crippen LogP contribution in [-0.4, -0.2) is 10.9 Å². The zero-order valence-corrected chi connectivity index (χ0v) is 10.3. The van der Waals surface area contributed by atoms with Gasteiger partial charge < -0.3 is 0 Å². The SMILES string of the molecule is CCCC(CCC)=C(C)C(=O)O[P+](=O)O. The molecule has 0 radical (unpaired) electrons. The number of allylic oxidation sites excluding steroid dienone is 1. The summed E-state index contributed by atoms with van der Waals surface area (Å²) in [5, 5.41) is 0. The molecule has 0 aliphatic rings. The maximum absolute atomic E-state index is 11.3. The van der Waals surface area contributed by atoms with E-state index in [4.69, 9.17) is 4.89 Å². The number of hydrogen-bond donors (Lipinski definition) is 1. The molecule has 0 rings (SSSR count). The first-order valence-corrected chi connectivity index (χ1v) is 6.23. The average Bonchev–Trinajstić information content (AvgIpc) is 2.15. The molecule has 0 aliphatic heterocycles. The van der Waals surface area contributed by atoms with Crippen molar-refractivity contribution >= 4 is 14.2 Å². The van der Waals surface area contributed by atoms with Gasteiger partial charge >= 0.3 is 14.2 Å². The number of hydrogen-bond acceptors (Lipinski definition) is 3. The fourth-order valence-corrected chi connectivity index (χ4v) is 1.67. The van der Waals surface area contributed by atoms with Crippen LogP contribution in [0.25, 0.3) is 0 Å². The first-order chi connectivity index (χ1) is 7.02.